The zero-order chi connectivity index (χ0) is 15.7. The number of aliphatic hydroxyl groups is 1. The largest absolute Gasteiger partial charge is 0.493 e. The number of amides is 1. The fraction of sp³-hybridized carbons (Fsp3) is 0.588. The first-order valence-corrected chi connectivity index (χ1v) is 7.62. The standard InChI is InChI=1S/C17H27NO3/c1-4-17(5-2,13-19)12-18-16(20)9-10-21-15-8-6-7-14(3)11-15/h6-8,11,19H,4-5,9-10,12-13H2,1-3H3,(H,18,20). The molecule has 0 aliphatic carbocycles. The van der Waals surface area contributed by atoms with Crippen molar-refractivity contribution in [3.8, 4) is 5.75 Å². The van der Waals surface area contributed by atoms with E-state index in [2.05, 4.69) is 5.32 Å². The molecule has 0 aliphatic rings. The number of aliphatic hydroxyl groups excluding tert-OH is 1. The van der Waals surface area contributed by atoms with Gasteiger partial charge in [0.2, 0.25) is 5.91 Å². The van der Waals surface area contributed by atoms with Gasteiger partial charge in [-0.1, -0.05) is 26.0 Å². The highest BCUT2D eigenvalue weighted by Crippen LogP contribution is 2.24. The number of carbonyl (C=O) groups excluding carboxylic acids is 1. The van der Waals surface area contributed by atoms with Gasteiger partial charge in [-0.25, -0.2) is 0 Å². The van der Waals surface area contributed by atoms with Crippen molar-refractivity contribution in [3.05, 3.63) is 29.8 Å². The van der Waals surface area contributed by atoms with Crippen LogP contribution in [0.25, 0.3) is 0 Å². The average molecular weight is 293 g/mol. The van der Waals surface area contributed by atoms with Gasteiger partial charge in [-0.3, -0.25) is 4.79 Å². The summed E-state index contributed by atoms with van der Waals surface area (Å²) < 4.78 is 5.56. The van der Waals surface area contributed by atoms with Crippen LogP contribution in [-0.2, 0) is 4.79 Å². The molecule has 0 fully saturated rings. The van der Waals surface area contributed by atoms with Gasteiger partial charge in [-0.15, -0.1) is 0 Å². The van der Waals surface area contributed by atoms with Crippen molar-refractivity contribution in [2.45, 2.75) is 40.0 Å². The van der Waals surface area contributed by atoms with E-state index in [1.54, 1.807) is 0 Å². The van der Waals surface area contributed by atoms with Crippen molar-refractivity contribution >= 4 is 5.91 Å². The summed E-state index contributed by atoms with van der Waals surface area (Å²) in [5.74, 6) is 0.747. The molecular formula is C17H27NO3. The summed E-state index contributed by atoms with van der Waals surface area (Å²) in [6.45, 7) is 7.04. The van der Waals surface area contributed by atoms with Crippen molar-refractivity contribution in [2.75, 3.05) is 19.8 Å². The Morgan fingerprint density at radius 3 is 2.62 bits per heavy atom. The predicted octanol–water partition coefficient (Wildman–Crippen LogP) is 2.68. The van der Waals surface area contributed by atoms with E-state index in [0.717, 1.165) is 24.2 Å². The van der Waals surface area contributed by atoms with E-state index in [0.29, 0.717) is 19.6 Å². The fourth-order valence-corrected chi connectivity index (χ4v) is 2.12. The van der Waals surface area contributed by atoms with Crippen molar-refractivity contribution in [1.82, 2.24) is 5.32 Å². The second-order valence-corrected chi connectivity index (χ2v) is 5.56. The number of nitrogens with one attached hydrogen (secondary N) is 1. The molecule has 4 heteroatoms. The smallest absolute Gasteiger partial charge is 0.223 e. The Hall–Kier alpha value is -1.55. The minimum Gasteiger partial charge on any atom is -0.493 e. The van der Waals surface area contributed by atoms with Crippen molar-refractivity contribution in [1.29, 1.82) is 0 Å². The monoisotopic (exact) mass is 293 g/mol. The average Bonchev–Trinajstić information content (AvgIpc) is 2.49. The summed E-state index contributed by atoms with van der Waals surface area (Å²) in [6.07, 6.45) is 2.02. The predicted molar refractivity (Wildman–Crippen MR) is 84.4 cm³/mol. The first kappa shape index (κ1) is 17.5. The Kier molecular flexibility index (Phi) is 7.23. The Morgan fingerprint density at radius 2 is 2.05 bits per heavy atom. The van der Waals surface area contributed by atoms with E-state index in [4.69, 9.17) is 4.74 Å². The van der Waals surface area contributed by atoms with E-state index in [1.807, 2.05) is 45.0 Å². The molecule has 0 radical (unpaired) electrons. The van der Waals surface area contributed by atoms with Crippen LogP contribution in [0.1, 0.15) is 38.7 Å². The van der Waals surface area contributed by atoms with Crippen molar-refractivity contribution in [3.63, 3.8) is 0 Å². The Labute approximate surface area is 127 Å². The maximum Gasteiger partial charge on any atom is 0.223 e. The number of benzene rings is 1. The lowest BCUT2D eigenvalue weighted by molar-refractivity contribution is -0.122. The van der Waals surface area contributed by atoms with Gasteiger partial charge in [0, 0.05) is 12.0 Å². The highest BCUT2D eigenvalue weighted by atomic mass is 16.5. The summed E-state index contributed by atoms with van der Waals surface area (Å²) in [4.78, 5) is 11.8. The normalized spacial score (nSPS) is 11.2. The first-order valence-electron chi connectivity index (χ1n) is 7.62. The van der Waals surface area contributed by atoms with Crippen LogP contribution in [-0.4, -0.2) is 30.8 Å². The van der Waals surface area contributed by atoms with Crippen LogP contribution >= 0.6 is 0 Å². The maximum absolute atomic E-state index is 11.8. The summed E-state index contributed by atoms with van der Waals surface area (Å²) >= 11 is 0. The topological polar surface area (TPSA) is 58.6 Å². The molecular weight excluding hydrogens is 266 g/mol. The van der Waals surface area contributed by atoms with Gasteiger partial charge in [0.1, 0.15) is 5.75 Å². The number of hydrogen-bond donors (Lipinski definition) is 2. The zero-order valence-corrected chi connectivity index (χ0v) is 13.3. The molecule has 0 spiro atoms. The third-order valence-electron chi connectivity index (χ3n) is 4.08. The molecule has 0 unspecified atom stereocenters. The van der Waals surface area contributed by atoms with Gasteiger partial charge in [-0.05, 0) is 37.5 Å². The summed E-state index contributed by atoms with van der Waals surface area (Å²) in [6, 6.07) is 7.77. The summed E-state index contributed by atoms with van der Waals surface area (Å²) in [5, 5.41) is 12.4. The molecule has 0 aliphatic heterocycles. The Bertz CT molecular complexity index is 433. The number of ether oxygens (including phenoxy) is 1. The Balaban J connectivity index is 2.31. The van der Waals surface area contributed by atoms with Gasteiger partial charge in [0.15, 0.2) is 0 Å². The van der Waals surface area contributed by atoms with E-state index < -0.39 is 0 Å². The molecule has 21 heavy (non-hydrogen) atoms. The van der Waals surface area contributed by atoms with Gasteiger partial charge in [0.05, 0.1) is 19.6 Å². The molecule has 0 aromatic heterocycles. The first-order chi connectivity index (χ1) is 10.0. The van der Waals surface area contributed by atoms with E-state index >= 15 is 0 Å². The quantitative estimate of drug-likeness (QED) is 0.736. The number of carbonyl (C=O) groups is 1. The zero-order valence-electron chi connectivity index (χ0n) is 13.3. The van der Waals surface area contributed by atoms with Crippen LogP contribution in [0.15, 0.2) is 24.3 Å². The highest BCUT2D eigenvalue weighted by molar-refractivity contribution is 5.76. The van der Waals surface area contributed by atoms with Crippen LogP contribution in [0.3, 0.4) is 0 Å². The summed E-state index contributed by atoms with van der Waals surface area (Å²) in [7, 11) is 0. The van der Waals surface area contributed by atoms with Gasteiger partial charge in [0.25, 0.3) is 0 Å². The molecule has 4 nitrogen and oxygen atoms in total. The molecule has 1 rings (SSSR count). The Morgan fingerprint density at radius 1 is 1.33 bits per heavy atom. The fourth-order valence-electron chi connectivity index (χ4n) is 2.12. The van der Waals surface area contributed by atoms with Crippen LogP contribution in [0.5, 0.6) is 5.75 Å². The van der Waals surface area contributed by atoms with Gasteiger partial charge < -0.3 is 15.2 Å². The lowest BCUT2D eigenvalue weighted by atomic mass is 9.83. The lowest BCUT2D eigenvalue weighted by Gasteiger charge is -2.29. The van der Waals surface area contributed by atoms with E-state index in [1.165, 1.54) is 0 Å². The molecule has 1 aromatic rings. The second-order valence-electron chi connectivity index (χ2n) is 5.56. The van der Waals surface area contributed by atoms with Crippen LogP contribution in [0.2, 0.25) is 0 Å². The van der Waals surface area contributed by atoms with Crippen molar-refractivity contribution in [2.24, 2.45) is 5.41 Å². The van der Waals surface area contributed by atoms with E-state index in [-0.39, 0.29) is 17.9 Å². The number of hydrogen-bond acceptors (Lipinski definition) is 3. The highest BCUT2D eigenvalue weighted by Gasteiger charge is 2.25. The summed E-state index contributed by atoms with van der Waals surface area (Å²) in [5.41, 5.74) is 0.933. The molecule has 0 atom stereocenters. The minimum atomic E-state index is -0.201. The maximum atomic E-state index is 11.8. The molecule has 2 N–H and O–H groups in total. The minimum absolute atomic E-state index is 0.0395. The molecule has 0 bridgehead atoms. The van der Waals surface area contributed by atoms with E-state index in [9.17, 15) is 9.90 Å². The molecule has 0 heterocycles. The molecule has 1 amide bonds. The molecule has 118 valence electrons. The number of aryl methyl sites for hydroxylation is 1. The molecule has 1 aromatic carbocycles. The molecule has 0 saturated carbocycles. The van der Waals surface area contributed by atoms with Gasteiger partial charge in [-0.2, -0.15) is 0 Å². The van der Waals surface area contributed by atoms with Gasteiger partial charge >= 0.3 is 0 Å². The van der Waals surface area contributed by atoms with Crippen LogP contribution in [0.4, 0.5) is 0 Å². The van der Waals surface area contributed by atoms with Crippen molar-refractivity contribution < 1.29 is 14.6 Å². The third kappa shape index (κ3) is 5.76. The number of rotatable bonds is 9. The van der Waals surface area contributed by atoms with Crippen LogP contribution < -0.4 is 10.1 Å². The molecule has 0 saturated heterocycles. The second kappa shape index (κ2) is 8.67. The SMILES string of the molecule is CCC(CC)(CO)CNC(=O)CCOc1cccc(C)c1. The lowest BCUT2D eigenvalue weighted by Crippen LogP contribution is -2.39. The third-order valence-corrected chi connectivity index (χ3v) is 4.08. The van der Waals surface area contributed by atoms with Crippen LogP contribution in [0, 0.1) is 12.3 Å².